The topological polar surface area (TPSA) is 21.3 Å². The van der Waals surface area contributed by atoms with Crippen LogP contribution in [-0.2, 0) is 6.54 Å². The van der Waals surface area contributed by atoms with Gasteiger partial charge in [0.2, 0.25) is 0 Å². The summed E-state index contributed by atoms with van der Waals surface area (Å²) in [5, 5.41) is 3.46. The molecule has 0 fully saturated rings. The lowest BCUT2D eigenvalue weighted by Gasteiger charge is -2.13. The first kappa shape index (κ1) is 16.8. The Hall–Kier alpha value is -0.590. The highest BCUT2D eigenvalue weighted by Gasteiger charge is 2.06. The molecule has 0 aliphatic heterocycles. The molecule has 2 nitrogen and oxygen atoms in total. The van der Waals surface area contributed by atoms with Crippen molar-refractivity contribution in [3.05, 3.63) is 56.1 Å². The Morgan fingerprint density at radius 2 is 1.86 bits per heavy atom. The number of benzene rings is 2. The molecule has 0 saturated carbocycles. The molecule has 2 aromatic carbocycles. The fourth-order valence-electron chi connectivity index (χ4n) is 1.91. The summed E-state index contributed by atoms with van der Waals surface area (Å²) < 4.78 is 8.28. The van der Waals surface area contributed by atoms with Gasteiger partial charge in [-0.25, -0.2) is 0 Å². The molecule has 0 spiro atoms. The minimum atomic E-state index is 0.637. The molecule has 0 unspecified atom stereocenters. The minimum absolute atomic E-state index is 0.637. The number of ether oxygens (including phenoxy) is 1. The van der Waals surface area contributed by atoms with Gasteiger partial charge in [0.25, 0.3) is 0 Å². The standard InChI is InChI=1S/C17H19BrINO/c1-12(2)10-20-11-13-9-14(18)3-8-17(13)21-16-6-4-15(19)5-7-16/h3-9,12,20H,10-11H2,1-2H3. The average Bonchev–Trinajstić information content (AvgIpc) is 2.43. The average molecular weight is 460 g/mol. The normalized spacial score (nSPS) is 10.9. The third kappa shape index (κ3) is 5.60. The van der Waals surface area contributed by atoms with Gasteiger partial charge in [-0.2, -0.15) is 0 Å². The Balaban J connectivity index is 2.12. The second kappa shape index (κ2) is 8.15. The molecule has 2 rings (SSSR count). The number of halogens is 2. The summed E-state index contributed by atoms with van der Waals surface area (Å²) >= 11 is 5.82. The van der Waals surface area contributed by atoms with Crippen molar-refractivity contribution in [1.82, 2.24) is 5.32 Å². The van der Waals surface area contributed by atoms with E-state index >= 15 is 0 Å². The summed E-state index contributed by atoms with van der Waals surface area (Å²) in [5.41, 5.74) is 1.16. The summed E-state index contributed by atoms with van der Waals surface area (Å²) in [6.07, 6.45) is 0. The summed E-state index contributed by atoms with van der Waals surface area (Å²) in [4.78, 5) is 0. The van der Waals surface area contributed by atoms with E-state index in [1.54, 1.807) is 0 Å². The lowest BCUT2D eigenvalue weighted by atomic mass is 10.2. The lowest BCUT2D eigenvalue weighted by molar-refractivity contribution is 0.469. The molecule has 0 heterocycles. The Bertz CT molecular complexity index is 584. The largest absolute Gasteiger partial charge is 0.457 e. The van der Waals surface area contributed by atoms with Crippen molar-refractivity contribution in [2.75, 3.05) is 6.54 Å². The first-order valence-corrected chi connectivity index (χ1v) is 8.84. The van der Waals surface area contributed by atoms with E-state index in [1.807, 2.05) is 36.4 Å². The second-order valence-electron chi connectivity index (χ2n) is 5.33. The summed E-state index contributed by atoms with van der Waals surface area (Å²) in [7, 11) is 0. The van der Waals surface area contributed by atoms with E-state index in [1.165, 1.54) is 3.57 Å². The molecule has 0 aliphatic carbocycles. The third-order valence-electron chi connectivity index (χ3n) is 2.93. The van der Waals surface area contributed by atoms with Crippen molar-refractivity contribution in [2.24, 2.45) is 5.92 Å². The van der Waals surface area contributed by atoms with Crippen LogP contribution < -0.4 is 10.1 Å². The molecule has 0 amide bonds. The Morgan fingerprint density at radius 3 is 2.52 bits per heavy atom. The molecular weight excluding hydrogens is 441 g/mol. The molecule has 0 saturated heterocycles. The van der Waals surface area contributed by atoms with Crippen molar-refractivity contribution in [3.8, 4) is 11.5 Å². The van der Waals surface area contributed by atoms with E-state index in [4.69, 9.17) is 4.74 Å². The Labute approximate surface area is 148 Å². The van der Waals surface area contributed by atoms with Crippen LogP contribution in [0.1, 0.15) is 19.4 Å². The molecule has 0 aromatic heterocycles. The fraction of sp³-hybridized carbons (Fsp3) is 0.294. The van der Waals surface area contributed by atoms with Crippen LogP contribution in [0.4, 0.5) is 0 Å². The molecule has 21 heavy (non-hydrogen) atoms. The maximum atomic E-state index is 6.01. The van der Waals surface area contributed by atoms with Gasteiger partial charge in [-0.1, -0.05) is 29.8 Å². The van der Waals surface area contributed by atoms with Crippen molar-refractivity contribution < 1.29 is 4.74 Å². The van der Waals surface area contributed by atoms with Crippen LogP contribution in [0.3, 0.4) is 0 Å². The van der Waals surface area contributed by atoms with Gasteiger partial charge in [0, 0.05) is 20.2 Å². The quantitative estimate of drug-likeness (QED) is 0.568. The summed E-state index contributed by atoms with van der Waals surface area (Å²) in [6.45, 7) is 6.21. The zero-order chi connectivity index (χ0) is 15.2. The van der Waals surface area contributed by atoms with Crippen LogP contribution in [0.25, 0.3) is 0 Å². The number of rotatable bonds is 6. The van der Waals surface area contributed by atoms with Crippen molar-refractivity contribution in [3.63, 3.8) is 0 Å². The van der Waals surface area contributed by atoms with Gasteiger partial charge in [-0.15, -0.1) is 0 Å². The summed E-state index contributed by atoms with van der Waals surface area (Å²) in [6, 6.07) is 14.2. The maximum Gasteiger partial charge on any atom is 0.131 e. The van der Waals surface area contributed by atoms with Crippen LogP contribution in [0.2, 0.25) is 0 Å². The zero-order valence-electron chi connectivity index (χ0n) is 12.2. The van der Waals surface area contributed by atoms with Gasteiger partial charge >= 0.3 is 0 Å². The summed E-state index contributed by atoms with van der Waals surface area (Å²) in [5.74, 6) is 2.40. The molecular formula is C17H19BrINO. The number of hydrogen-bond acceptors (Lipinski definition) is 2. The van der Waals surface area contributed by atoms with Crippen LogP contribution in [0.15, 0.2) is 46.9 Å². The highest BCUT2D eigenvalue weighted by molar-refractivity contribution is 14.1. The highest BCUT2D eigenvalue weighted by Crippen LogP contribution is 2.28. The zero-order valence-corrected chi connectivity index (χ0v) is 15.9. The van der Waals surface area contributed by atoms with Gasteiger partial charge in [0.1, 0.15) is 11.5 Å². The third-order valence-corrected chi connectivity index (χ3v) is 4.14. The van der Waals surface area contributed by atoms with E-state index < -0.39 is 0 Å². The molecule has 4 heteroatoms. The highest BCUT2D eigenvalue weighted by atomic mass is 127. The van der Waals surface area contributed by atoms with E-state index in [0.29, 0.717) is 5.92 Å². The van der Waals surface area contributed by atoms with Gasteiger partial charge in [-0.05, 0) is 77.5 Å². The molecule has 1 N–H and O–H groups in total. The predicted octanol–water partition coefficient (Wildman–Crippen LogP) is 5.59. The van der Waals surface area contributed by atoms with E-state index in [9.17, 15) is 0 Å². The van der Waals surface area contributed by atoms with Crippen LogP contribution in [-0.4, -0.2) is 6.54 Å². The smallest absolute Gasteiger partial charge is 0.131 e. The van der Waals surface area contributed by atoms with E-state index in [2.05, 4.69) is 63.8 Å². The van der Waals surface area contributed by atoms with Gasteiger partial charge in [0.05, 0.1) is 0 Å². The van der Waals surface area contributed by atoms with Crippen LogP contribution >= 0.6 is 38.5 Å². The molecule has 0 radical (unpaired) electrons. The molecule has 0 atom stereocenters. The number of hydrogen-bond donors (Lipinski definition) is 1. The minimum Gasteiger partial charge on any atom is -0.457 e. The van der Waals surface area contributed by atoms with Crippen LogP contribution in [0.5, 0.6) is 11.5 Å². The van der Waals surface area contributed by atoms with Gasteiger partial charge in [0.15, 0.2) is 0 Å². The monoisotopic (exact) mass is 459 g/mol. The maximum absolute atomic E-state index is 6.01. The Morgan fingerprint density at radius 1 is 1.14 bits per heavy atom. The molecule has 112 valence electrons. The fourth-order valence-corrected chi connectivity index (χ4v) is 2.68. The van der Waals surface area contributed by atoms with Crippen molar-refractivity contribution in [1.29, 1.82) is 0 Å². The van der Waals surface area contributed by atoms with E-state index in [0.717, 1.165) is 34.6 Å². The first-order chi connectivity index (χ1) is 10.0. The first-order valence-electron chi connectivity index (χ1n) is 6.97. The second-order valence-corrected chi connectivity index (χ2v) is 7.49. The number of nitrogens with one attached hydrogen (secondary N) is 1. The van der Waals surface area contributed by atoms with E-state index in [-0.39, 0.29) is 0 Å². The lowest BCUT2D eigenvalue weighted by Crippen LogP contribution is -2.19. The Kier molecular flexibility index (Phi) is 6.51. The molecule has 0 aliphatic rings. The van der Waals surface area contributed by atoms with Crippen molar-refractivity contribution >= 4 is 38.5 Å². The van der Waals surface area contributed by atoms with Crippen LogP contribution in [0, 0.1) is 9.49 Å². The molecule has 0 bridgehead atoms. The van der Waals surface area contributed by atoms with Gasteiger partial charge < -0.3 is 10.1 Å². The van der Waals surface area contributed by atoms with Crippen molar-refractivity contribution in [2.45, 2.75) is 20.4 Å². The SMILES string of the molecule is CC(C)CNCc1cc(Br)ccc1Oc1ccc(I)cc1. The molecule has 2 aromatic rings. The predicted molar refractivity (Wildman–Crippen MR) is 99.9 cm³/mol. The van der Waals surface area contributed by atoms with Gasteiger partial charge in [-0.3, -0.25) is 0 Å².